The number of ether oxygens (including phenoxy) is 1. The normalized spacial score (nSPS) is 23.6. The molecular formula is C17H19N3O3S. The highest BCUT2D eigenvalue weighted by Gasteiger charge is 2.36. The second-order valence-corrected chi connectivity index (χ2v) is 8.06. The van der Waals surface area contributed by atoms with Crippen LogP contribution in [0.2, 0.25) is 0 Å². The summed E-state index contributed by atoms with van der Waals surface area (Å²) >= 11 is 1.46. The van der Waals surface area contributed by atoms with Crippen molar-refractivity contribution in [3.05, 3.63) is 21.7 Å². The number of fused-ring (bicyclic) bond motifs is 3. The SMILES string of the molecule is O=C1CC(c2nc3sc4c(c3c(=O)[nH]2)CCCO4)CN1CC1CC1. The van der Waals surface area contributed by atoms with Crippen LogP contribution in [0.1, 0.15) is 43.0 Å². The summed E-state index contributed by atoms with van der Waals surface area (Å²) in [6, 6.07) is 0. The predicted octanol–water partition coefficient (Wildman–Crippen LogP) is 2.04. The van der Waals surface area contributed by atoms with Crippen LogP contribution in [0, 0.1) is 5.92 Å². The molecule has 4 heterocycles. The molecule has 1 saturated heterocycles. The second-order valence-electron chi connectivity index (χ2n) is 7.09. The highest BCUT2D eigenvalue weighted by Crippen LogP contribution is 2.39. The molecule has 3 aliphatic rings. The van der Waals surface area contributed by atoms with Gasteiger partial charge in [-0.05, 0) is 31.6 Å². The molecule has 6 nitrogen and oxygen atoms in total. The van der Waals surface area contributed by atoms with Gasteiger partial charge in [0.05, 0.1) is 12.0 Å². The van der Waals surface area contributed by atoms with Crippen LogP contribution in [0.3, 0.4) is 0 Å². The zero-order valence-corrected chi connectivity index (χ0v) is 14.2. The number of hydrogen-bond acceptors (Lipinski definition) is 5. The number of likely N-dealkylation sites (tertiary alicyclic amines) is 1. The Hall–Kier alpha value is -1.89. The molecule has 24 heavy (non-hydrogen) atoms. The van der Waals surface area contributed by atoms with Crippen molar-refractivity contribution in [1.29, 1.82) is 0 Å². The number of carbonyl (C=O) groups is 1. The van der Waals surface area contributed by atoms with Crippen molar-refractivity contribution >= 4 is 27.5 Å². The summed E-state index contributed by atoms with van der Waals surface area (Å²) in [7, 11) is 0. The van der Waals surface area contributed by atoms with Gasteiger partial charge < -0.3 is 14.6 Å². The van der Waals surface area contributed by atoms with Crippen molar-refractivity contribution in [2.24, 2.45) is 5.92 Å². The number of aryl methyl sites for hydroxylation is 1. The fraction of sp³-hybridized carbons (Fsp3) is 0.588. The molecule has 1 atom stereocenters. The molecule has 126 valence electrons. The van der Waals surface area contributed by atoms with E-state index in [1.165, 1.54) is 24.2 Å². The summed E-state index contributed by atoms with van der Waals surface area (Å²) in [4.78, 5) is 35.1. The lowest BCUT2D eigenvalue weighted by molar-refractivity contribution is -0.127. The summed E-state index contributed by atoms with van der Waals surface area (Å²) < 4.78 is 5.68. The summed E-state index contributed by atoms with van der Waals surface area (Å²) in [5, 5.41) is 1.52. The van der Waals surface area contributed by atoms with Gasteiger partial charge in [-0.3, -0.25) is 9.59 Å². The molecule has 2 aromatic heterocycles. The number of amides is 1. The van der Waals surface area contributed by atoms with Crippen LogP contribution in [-0.4, -0.2) is 40.5 Å². The number of aromatic amines is 1. The molecule has 0 spiro atoms. The molecule has 1 aliphatic carbocycles. The van der Waals surface area contributed by atoms with Crippen LogP contribution < -0.4 is 10.3 Å². The van der Waals surface area contributed by atoms with E-state index in [4.69, 9.17) is 9.72 Å². The average molecular weight is 345 g/mol. The first-order valence-electron chi connectivity index (χ1n) is 8.65. The first-order chi connectivity index (χ1) is 11.7. The average Bonchev–Trinajstić information content (AvgIpc) is 3.19. The Labute approximate surface area is 142 Å². The highest BCUT2D eigenvalue weighted by molar-refractivity contribution is 7.20. The second kappa shape index (κ2) is 5.31. The van der Waals surface area contributed by atoms with Crippen molar-refractivity contribution in [3.8, 4) is 5.06 Å². The molecule has 0 aromatic carbocycles. The van der Waals surface area contributed by atoms with Gasteiger partial charge in [-0.2, -0.15) is 0 Å². The molecular weight excluding hydrogens is 326 g/mol. The van der Waals surface area contributed by atoms with Crippen molar-refractivity contribution in [1.82, 2.24) is 14.9 Å². The third-order valence-electron chi connectivity index (χ3n) is 5.22. The van der Waals surface area contributed by atoms with Crippen LogP contribution in [0.25, 0.3) is 10.2 Å². The monoisotopic (exact) mass is 345 g/mol. The van der Waals surface area contributed by atoms with Gasteiger partial charge >= 0.3 is 0 Å². The summed E-state index contributed by atoms with van der Waals surface area (Å²) in [6.07, 6.45) is 4.72. The molecule has 1 amide bonds. The molecule has 0 bridgehead atoms. The number of nitrogens with zero attached hydrogens (tertiary/aromatic N) is 2. The minimum atomic E-state index is -0.0916. The number of nitrogens with one attached hydrogen (secondary N) is 1. The van der Waals surface area contributed by atoms with E-state index >= 15 is 0 Å². The van der Waals surface area contributed by atoms with E-state index in [0.29, 0.717) is 36.7 Å². The Kier molecular flexibility index (Phi) is 3.20. The maximum Gasteiger partial charge on any atom is 0.260 e. The standard InChI is InChI=1S/C17H19N3O3S/c21-12-6-10(8-20(12)7-9-3-4-9)14-18-15(22)13-11-2-1-5-23-17(11)24-16(13)19-14/h9-10H,1-8H2,(H,18,19,22). The number of H-pyrrole nitrogens is 1. The van der Waals surface area contributed by atoms with Crippen molar-refractivity contribution in [2.45, 2.75) is 38.0 Å². The fourth-order valence-corrected chi connectivity index (χ4v) is 4.86. The molecule has 1 unspecified atom stereocenters. The van der Waals surface area contributed by atoms with E-state index in [1.54, 1.807) is 0 Å². The zero-order valence-electron chi connectivity index (χ0n) is 13.3. The number of aromatic nitrogens is 2. The number of carbonyl (C=O) groups excluding carboxylic acids is 1. The number of hydrogen-bond donors (Lipinski definition) is 1. The van der Waals surface area contributed by atoms with Gasteiger partial charge in [0, 0.05) is 31.0 Å². The summed E-state index contributed by atoms with van der Waals surface area (Å²) in [5.74, 6) is 1.51. The maximum atomic E-state index is 12.6. The molecule has 7 heteroatoms. The Morgan fingerprint density at radius 2 is 2.21 bits per heavy atom. The third kappa shape index (κ3) is 2.33. The third-order valence-corrected chi connectivity index (χ3v) is 6.26. The number of thiophene rings is 1. The van der Waals surface area contributed by atoms with Crippen molar-refractivity contribution < 1.29 is 9.53 Å². The van der Waals surface area contributed by atoms with Gasteiger partial charge in [-0.25, -0.2) is 4.98 Å². The molecule has 0 radical (unpaired) electrons. The van der Waals surface area contributed by atoms with Crippen LogP contribution in [0.4, 0.5) is 0 Å². The van der Waals surface area contributed by atoms with Gasteiger partial charge in [-0.1, -0.05) is 11.3 Å². The minimum absolute atomic E-state index is 0.00611. The Bertz CT molecular complexity index is 883. The minimum Gasteiger partial charge on any atom is -0.484 e. The molecule has 5 rings (SSSR count). The van der Waals surface area contributed by atoms with Gasteiger partial charge in [0.2, 0.25) is 5.91 Å². The molecule has 2 aromatic rings. The van der Waals surface area contributed by atoms with Crippen molar-refractivity contribution in [3.63, 3.8) is 0 Å². The molecule has 2 fully saturated rings. The fourth-order valence-electron chi connectivity index (χ4n) is 3.76. The van der Waals surface area contributed by atoms with Gasteiger partial charge in [0.15, 0.2) is 5.06 Å². The topological polar surface area (TPSA) is 75.3 Å². The first-order valence-corrected chi connectivity index (χ1v) is 9.47. The van der Waals surface area contributed by atoms with E-state index in [1.807, 2.05) is 4.90 Å². The van der Waals surface area contributed by atoms with Crippen LogP contribution in [-0.2, 0) is 11.2 Å². The number of rotatable bonds is 3. The smallest absolute Gasteiger partial charge is 0.260 e. The largest absolute Gasteiger partial charge is 0.484 e. The predicted molar refractivity (Wildman–Crippen MR) is 90.7 cm³/mol. The Balaban J connectivity index is 1.49. The van der Waals surface area contributed by atoms with Crippen molar-refractivity contribution in [2.75, 3.05) is 19.7 Å². The van der Waals surface area contributed by atoms with E-state index < -0.39 is 0 Å². The lowest BCUT2D eigenvalue weighted by atomic mass is 10.1. The lowest BCUT2D eigenvalue weighted by Crippen LogP contribution is -2.27. The van der Waals surface area contributed by atoms with E-state index in [2.05, 4.69) is 4.98 Å². The molecule has 1 saturated carbocycles. The maximum absolute atomic E-state index is 12.6. The highest BCUT2D eigenvalue weighted by atomic mass is 32.1. The lowest BCUT2D eigenvalue weighted by Gasteiger charge is -2.15. The Morgan fingerprint density at radius 3 is 3.04 bits per heavy atom. The van der Waals surface area contributed by atoms with Crippen LogP contribution in [0.5, 0.6) is 5.06 Å². The van der Waals surface area contributed by atoms with E-state index in [-0.39, 0.29) is 17.4 Å². The summed E-state index contributed by atoms with van der Waals surface area (Å²) in [6.45, 7) is 2.24. The van der Waals surface area contributed by atoms with Crippen LogP contribution in [0.15, 0.2) is 4.79 Å². The quantitative estimate of drug-likeness (QED) is 0.924. The summed E-state index contributed by atoms with van der Waals surface area (Å²) in [5.41, 5.74) is 0.908. The molecule has 1 N–H and O–H groups in total. The van der Waals surface area contributed by atoms with Gasteiger partial charge in [0.1, 0.15) is 10.7 Å². The van der Waals surface area contributed by atoms with Gasteiger partial charge in [-0.15, -0.1) is 0 Å². The zero-order chi connectivity index (χ0) is 16.3. The van der Waals surface area contributed by atoms with E-state index in [9.17, 15) is 9.59 Å². The first kappa shape index (κ1) is 14.5. The Morgan fingerprint density at radius 1 is 1.33 bits per heavy atom. The van der Waals surface area contributed by atoms with Gasteiger partial charge in [0.25, 0.3) is 5.56 Å². The van der Waals surface area contributed by atoms with Crippen LogP contribution >= 0.6 is 11.3 Å². The van der Waals surface area contributed by atoms with E-state index in [0.717, 1.165) is 34.8 Å². The molecule has 2 aliphatic heterocycles.